The lowest BCUT2D eigenvalue weighted by molar-refractivity contribution is 0.0361. The van der Waals surface area contributed by atoms with Gasteiger partial charge in [-0.25, -0.2) is 0 Å². The van der Waals surface area contributed by atoms with Gasteiger partial charge in [-0.3, -0.25) is 4.98 Å². The number of hydrogen-bond acceptors (Lipinski definition) is 2. The largest absolute Gasteiger partial charge is 0.373 e. The van der Waals surface area contributed by atoms with Gasteiger partial charge in [0.1, 0.15) is 0 Å². The van der Waals surface area contributed by atoms with Crippen molar-refractivity contribution in [3.05, 3.63) is 53.9 Å². The van der Waals surface area contributed by atoms with E-state index in [4.69, 9.17) is 4.74 Å². The van der Waals surface area contributed by atoms with Crippen molar-refractivity contribution in [2.45, 2.75) is 32.3 Å². The van der Waals surface area contributed by atoms with Crippen LogP contribution in [0.5, 0.6) is 0 Å². The molecule has 0 bridgehead atoms. The van der Waals surface area contributed by atoms with E-state index in [1.807, 2.05) is 18.5 Å². The van der Waals surface area contributed by atoms with Crippen LogP contribution >= 0.6 is 0 Å². The number of benzene rings is 1. The second kappa shape index (κ2) is 5.54. The zero-order valence-electron chi connectivity index (χ0n) is 11.3. The van der Waals surface area contributed by atoms with E-state index in [-0.39, 0.29) is 6.10 Å². The van der Waals surface area contributed by atoms with Gasteiger partial charge in [-0.1, -0.05) is 31.5 Å². The predicted octanol–water partition coefficient (Wildman–Crippen LogP) is 4.16. The Morgan fingerprint density at radius 1 is 1.26 bits per heavy atom. The zero-order chi connectivity index (χ0) is 13.1. The molecule has 1 atom stereocenters. The summed E-state index contributed by atoms with van der Waals surface area (Å²) >= 11 is 0. The molecule has 3 rings (SSSR count). The van der Waals surface area contributed by atoms with Crippen molar-refractivity contribution in [3.8, 4) is 11.1 Å². The second-order valence-corrected chi connectivity index (χ2v) is 5.05. The summed E-state index contributed by atoms with van der Waals surface area (Å²) in [7, 11) is 0. The fourth-order valence-corrected chi connectivity index (χ4v) is 2.74. The number of rotatable bonds is 3. The molecule has 0 radical (unpaired) electrons. The number of ether oxygens (including phenoxy) is 1. The van der Waals surface area contributed by atoms with Gasteiger partial charge < -0.3 is 4.74 Å². The molecule has 0 saturated carbocycles. The third kappa shape index (κ3) is 2.54. The highest BCUT2D eigenvalue weighted by Crippen LogP contribution is 2.33. The van der Waals surface area contributed by atoms with Gasteiger partial charge in [0.25, 0.3) is 0 Å². The maximum Gasteiger partial charge on any atom is 0.0827 e. The van der Waals surface area contributed by atoms with E-state index in [0.29, 0.717) is 0 Å². The standard InChI is InChI=1S/C17H19NO/c1-2-4-17-16-11-14(15-5-3-9-18-12-15)7-6-13(16)8-10-19-17/h3,5-7,9,11-12,17H,2,4,8,10H2,1H3. The lowest BCUT2D eigenvalue weighted by Gasteiger charge is -2.26. The van der Waals surface area contributed by atoms with Crippen molar-refractivity contribution >= 4 is 0 Å². The highest BCUT2D eigenvalue weighted by Gasteiger charge is 2.20. The Bertz CT molecular complexity index is 550. The Morgan fingerprint density at radius 2 is 2.21 bits per heavy atom. The number of aromatic nitrogens is 1. The quantitative estimate of drug-likeness (QED) is 0.819. The molecular weight excluding hydrogens is 234 g/mol. The molecule has 2 nitrogen and oxygen atoms in total. The zero-order valence-corrected chi connectivity index (χ0v) is 11.3. The normalized spacial score (nSPS) is 18.1. The minimum absolute atomic E-state index is 0.269. The van der Waals surface area contributed by atoms with Crippen molar-refractivity contribution in [2.24, 2.45) is 0 Å². The van der Waals surface area contributed by atoms with Crippen LogP contribution in [0, 0.1) is 0 Å². The maximum absolute atomic E-state index is 5.92. The highest BCUT2D eigenvalue weighted by molar-refractivity contribution is 5.64. The van der Waals surface area contributed by atoms with Crippen molar-refractivity contribution < 1.29 is 4.74 Å². The molecule has 98 valence electrons. The van der Waals surface area contributed by atoms with Crippen molar-refractivity contribution in [2.75, 3.05) is 6.61 Å². The Hall–Kier alpha value is -1.67. The van der Waals surface area contributed by atoms with Crippen LogP contribution in [0.25, 0.3) is 11.1 Å². The van der Waals surface area contributed by atoms with E-state index in [1.165, 1.54) is 22.3 Å². The lowest BCUT2D eigenvalue weighted by Crippen LogP contribution is -2.16. The summed E-state index contributed by atoms with van der Waals surface area (Å²) in [6.45, 7) is 3.06. The Kier molecular flexibility index (Phi) is 3.60. The Morgan fingerprint density at radius 3 is 3.00 bits per heavy atom. The molecule has 2 heterocycles. The van der Waals surface area contributed by atoms with E-state index in [9.17, 15) is 0 Å². The van der Waals surface area contributed by atoms with Crippen LogP contribution < -0.4 is 0 Å². The van der Waals surface area contributed by atoms with Gasteiger partial charge in [0.05, 0.1) is 12.7 Å². The monoisotopic (exact) mass is 253 g/mol. The number of fused-ring (bicyclic) bond motifs is 1. The number of nitrogens with zero attached hydrogens (tertiary/aromatic N) is 1. The lowest BCUT2D eigenvalue weighted by atomic mass is 9.92. The maximum atomic E-state index is 5.92. The van der Waals surface area contributed by atoms with E-state index >= 15 is 0 Å². The summed E-state index contributed by atoms with van der Waals surface area (Å²) in [6.07, 6.45) is 7.28. The van der Waals surface area contributed by atoms with Gasteiger partial charge in [0.2, 0.25) is 0 Å². The molecule has 1 aromatic heterocycles. The minimum Gasteiger partial charge on any atom is -0.373 e. The van der Waals surface area contributed by atoms with Gasteiger partial charge in [-0.2, -0.15) is 0 Å². The molecule has 2 aromatic rings. The van der Waals surface area contributed by atoms with Crippen LogP contribution in [0.3, 0.4) is 0 Å². The van der Waals surface area contributed by atoms with Crippen LogP contribution in [0.4, 0.5) is 0 Å². The minimum atomic E-state index is 0.269. The summed E-state index contributed by atoms with van der Waals surface area (Å²) in [6, 6.07) is 10.8. The fraction of sp³-hybridized carbons (Fsp3) is 0.353. The molecule has 0 spiro atoms. The smallest absolute Gasteiger partial charge is 0.0827 e. The highest BCUT2D eigenvalue weighted by atomic mass is 16.5. The first-order valence-corrected chi connectivity index (χ1v) is 7.03. The number of hydrogen-bond donors (Lipinski definition) is 0. The second-order valence-electron chi connectivity index (χ2n) is 5.05. The van der Waals surface area contributed by atoms with Gasteiger partial charge in [-0.05, 0) is 47.2 Å². The summed E-state index contributed by atoms with van der Waals surface area (Å²) in [5, 5.41) is 0. The van der Waals surface area contributed by atoms with Crippen LogP contribution in [0.1, 0.15) is 37.0 Å². The molecule has 1 aliphatic rings. The molecular formula is C17H19NO. The van der Waals surface area contributed by atoms with Crippen molar-refractivity contribution in [3.63, 3.8) is 0 Å². The first-order chi connectivity index (χ1) is 9.38. The average Bonchev–Trinajstić information content (AvgIpc) is 2.48. The first-order valence-electron chi connectivity index (χ1n) is 7.03. The van der Waals surface area contributed by atoms with Gasteiger partial charge in [-0.15, -0.1) is 0 Å². The molecule has 0 amide bonds. The molecule has 0 fully saturated rings. The van der Waals surface area contributed by atoms with Gasteiger partial charge in [0.15, 0.2) is 0 Å². The van der Waals surface area contributed by atoms with Crippen molar-refractivity contribution in [1.29, 1.82) is 0 Å². The summed E-state index contributed by atoms with van der Waals surface area (Å²) in [5.74, 6) is 0. The molecule has 2 heteroatoms. The molecule has 0 aliphatic carbocycles. The predicted molar refractivity (Wildman–Crippen MR) is 77.0 cm³/mol. The van der Waals surface area contributed by atoms with Gasteiger partial charge in [0, 0.05) is 12.4 Å². The first kappa shape index (κ1) is 12.4. The van der Waals surface area contributed by atoms with Crippen LogP contribution in [0.15, 0.2) is 42.7 Å². The van der Waals surface area contributed by atoms with E-state index < -0.39 is 0 Å². The van der Waals surface area contributed by atoms with Crippen LogP contribution in [0.2, 0.25) is 0 Å². The SMILES string of the molecule is CCCC1OCCc2ccc(-c3cccnc3)cc21. The van der Waals surface area contributed by atoms with E-state index in [0.717, 1.165) is 25.9 Å². The molecule has 1 aliphatic heterocycles. The Labute approximate surface area is 114 Å². The summed E-state index contributed by atoms with van der Waals surface area (Å²) < 4.78 is 5.92. The van der Waals surface area contributed by atoms with E-state index in [2.05, 4.69) is 36.2 Å². The topological polar surface area (TPSA) is 22.1 Å². The molecule has 1 aromatic carbocycles. The molecule has 0 saturated heterocycles. The van der Waals surface area contributed by atoms with Crippen molar-refractivity contribution in [1.82, 2.24) is 4.98 Å². The van der Waals surface area contributed by atoms with Crippen LogP contribution in [-0.2, 0) is 11.2 Å². The Balaban J connectivity index is 2.00. The van der Waals surface area contributed by atoms with Crippen LogP contribution in [-0.4, -0.2) is 11.6 Å². The third-order valence-electron chi connectivity index (χ3n) is 3.73. The number of pyridine rings is 1. The summed E-state index contributed by atoms with van der Waals surface area (Å²) in [5.41, 5.74) is 5.22. The third-order valence-corrected chi connectivity index (χ3v) is 3.73. The summed E-state index contributed by atoms with van der Waals surface area (Å²) in [4.78, 5) is 4.20. The molecule has 0 N–H and O–H groups in total. The molecule has 1 unspecified atom stereocenters. The van der Waals surface area contributed by atoms with Gasteiger partial charge >= 0.3 is 0 Å². The fourth-order valence-electron chi connectivity index (χ4n) is 2.74. The average molecular weight is 253 g/mol. The molecule has 19 heavy (non-hydrogen) atoms. The van der Waals surface area contributed by atoms with E-state index in [1.54, 1.807) is 0 Å².